The number of methoxy groups -OCH3 is 2. The van der Waals surface area contributed by atoms with Crippen molar-refractivity contribution in [3.05, 3.63) is 58.5 Å². The highest BCUT2D eigenvalue weighted by Gasteiger charge is 2.30. The van der Waals surface area contributed by atoms with Crippen LogP contribution < -0.4 is 16.4 Å². The number of carbonyl (C=O) groups is 5. The van der Waals surface area contributed by atoms with E-state index in [1.54, 1.807) is 26.2 Å². The van der Waals surface area contributed by atoms with Gasteiger partial charge in [-0.1, -0.05) is 24.3 Å². The van der Waals surface area contributed by atoms with Gasteiger partial charge in [0.15, 0.2) is 6.10 Å². The van der Waals surface area contributed by atoms with Gasteiger partial charge >= 0.3 is 6.09 Å². The molecule has 3 atom stereocenters. The molecule has 2 aliphatic rings. The van der Waals surface area contributed by atoms with E-state index in [2.05, 4.69) is 10.6 Å². The van der Waals surface area contributed by atoms with Crippen LogP contribution in [0.5, 0.6) is 0 Å². The third kappa shape index (κ3) is 9.15. The Morgan fingerprint density at radius 2 is 1.82 bits per heavy atom. The molecular formula is C28H37N3O8. The summed E-state index contributed by atoms with van der Waals surface area (Å²) in [6, 6.07) is 0. The highest BCUT2D eigenvalue weighted by Crippen LogP contribution is 2.24. The maximum Gasteiger partial charge on any atom is 0.405 e. The van der Waals surface area contributed by atoms with Crippen LogP contribution in [0.4, 0.5) is 4.79 Å². The Morgan fingerprint density at radius 1 is 1.10 bits per heavy atom. The van der Waals surface area contributed by atoms with Crippen LogP contribution in [0.2, 0.25) is 0 Å². The zero-order chi connectivity index (χ0) is 29.1. The van der Waals surface area contributed by atoms with Gasteiger partial charge in [0.25, 0.3) is 5.91 Å². The fourth-order valence-electron chi connectivity index (χ4n) is 4.29. The molecule has 2 bridgehead atoms. The van der Waals surface area contributed by atoms with Crippen molar-refractivity contribution in [3.63, 3.8) is 0 Å². The summed E-state index contributed by atoms with van der Waals surface area (Å²) in [6.45, 7) is 4.59. The smallest absolute Gasteiger partial charge is 0.405 e. The molecule has 0 aromatic carbocycles. The molecule has 2 rings (SSSR count). The van der Waals surface area contributed by atoms with E-state index in [0.29, 0.717) is 25.7 Å². The van der Waals surface area contributed by atoms with E-state index in [-0.39, 0.29) is 35.1 Å². The Morgan fingerprint density at radius 3 is 2.44 bits per heavy atom. The first-order valence-electron chi connectivity index (χ1n) is 12.6. The number of hydrogen-bond acceptors (Lipinski definition) is 8. The van der Waals surface area contributed by atoms with E-state index in [1.165, 1.54) is 27.0 Å². The fraction of sp³-hybridized carbons (Fsp3) is 0.464. The van der Waals surface area contributed by atoms with E-state index >= 15 is 0 Å². The van der Waals surface area contributed by atoms with E-state index in [1.807, 2.05) is 6.08 Å². The monoisotopic (exact) mass is 543 g/mol. The number of primary amides is 1. The molecule has 1 heterocycles. The van der Waals surface area contributed by atoms with Gasteiger partial charge in [-0.05, 0) is 51.5 Å². The summed E-state index contributed by atoms with van der Waals surface area (Å²) in [5, 5.41) is 4.97. The Hall–Kier alpha value is -3.83. The molecular weight excluding hydrogens is 506 g/mol. The molecule has 0 unspecified atom stereocenters. The van der Waals surface area contributed by atoms with Gasteiger partial charge in [0, 0.05) is 38.4 Å². The average Bonchev–Trinajstić information content (AvgIpc) is 2.87. The van der Waals surface area contributed by atoms with Crippen molar-refractivity contribution in [2.75, 3.05) is 14.2 Å². The lowest BCUT2D eigenvalue weighted by atomic mass is 9.91. The summed E-state index contributed by atoms with van der Waals surface area (Å²) in [7, 11) is 3.04. The molecule has 4 N–H and O–H groups in total. The molecule has 0 saturated heterocycles. The first-order chi connectivity index (χ1) is 18.5. The molecule has 0 saturated carbocycles. The number of rotatable bonds is 4. The fourth-order valence-corrected chi connectivity index (χ4v) is 4.29. The Kier molecular flexibility index (Phi) is 12.0. The lowest BCUT2D eigenvalue weighted by Crippen LogP contribution is -2.36. The van der Waals surface area contributed by atoms with E-state index < -0.39 is 41.7 Å². The van der Waals surface area contributed by atoms with Gasteiger partial charge in [-0.3, -0.25) is 19.2 Å². The minimum Gasteiger partial charge on any atom is -0.439 e. The zero-order valence-electron chi connectivity index (χ0n) is 23.0. The number of nitrogens with one attached hydrogen (secondary N) is 2. The quantitative estimate of drug-likeness (QED) is 0.360. The van der Waals surface area contributed by atoms with Gasteiger partial charge < -0.3 is 30.6 Å². The molecule has 3 amide bonds. The van der Waals surface area contributed by atoms with Crippen LogP contribution in [0.15, 0.2) is 58.5 Å². The van der Waals surface area contributed by atoms with Gasteiger partial charge in [-0.25, -0.2) is 4.79 Å². The van der Waals surface area contributed by atoms with E-state index in [4.69, 9.17) is 19.9 Å². The summed E-state index contributed by atoms with van der Waals surface area (Å²) >= 11 is 0. The van der Waals surface area contributed by atoms with E-state index in [0.717, 1.165) is 11.6 Å². The Labute approximate surface area is 228 Å². The maximum absolute atomic E-state index is 13.3. The van der Waals surface area contributed by atoms with E-state index in [9.17, 15) is 24.0 Å². The lowest BCUT2D eigenvalue weighted by molar-refractivity contribution is -0.121. The summed E-state index contributed by atoms with van der Waals surface area (Å²) in [5.74, 6) is -2.19. The number of carbonyl (C=O) groups excluding carboxylic acids is 5. The Balaban J connectivity index is 2.48. The van der Waals surface area contributed by atoms with Gasteiger partial charge in [0.2, 0.25) is 17.5 Å². The second-order valence-corrected chi connectivity index (χ2v) is 9.31. The number of Topliss-reactive ketones (excluding diaryl/α,β-unsaturated/α-hetero) is 1. The number of allylic oxidation sites excluding steroid dienone is 5. The third-order valence-electron chi connectivity index (χ3n) is 6.40. The van der Waals surface area contributed by atoms with Crippen LogP contribution in [-0.4, -0.2) is 62.0 Å². The van der Waals surface area contributed by atoms with Crippen LogP contribution in [-0.2, 0) is 33.4 Å². The van der Waals surface area contributed by atoms with Crippen molar-refractivity contribution in [2.45, 2.75) is 71.2 Å². The minimum atomic E-state index is -0.950. The second-order valence-electron chi connectivity index (χ2n) is 9.31. The molecule has 0 aromatic rings. The molecule has 0 fully saturated rings. The second kappa shape index (κ2) is 14.9. The molecule has 0 spiro atoms. The Bertz CT molecular complexity index is 1150. The van der Waals surface area contributed by atoms with Crippen LogP contribution >= 0.6 is 0 Å². The highest BCUT2D eigenvalue weighted by molar-refractivity contribution is 6.24. The van der Waals surface area contributed by atoms with Crippen molar-refractivity contribution >= 4 is 29.5 Å². The largest absolute Gasteiger partial charge is 0.439 e. The maximum atomic E-state index is 13.3. The number of amides is 3. The normalized spacial score (nSPS) is 27.4. The molecule has 1 aliphatic heterocycles. The summed E-state index contributed by atoms with van der Waals surface area (Å²) in [5.41, 5.74) is 6.14. The first-order valence-corrected chi connectivity index (χ1v) is 12.6. The van der Waals surface area contributed by atoms with Gasteiger partial charge in [-0.2, -0.15) is 0 Å². The number of hydrogen-bond donors (Lipinski definition) is 3. The highest BCUT2D eigenvalue weighted by atomic mass is 16.6. The summed E-state index contributed by atoms with van der Waals surface area (Å²) in [6.07, 6.45) is 7.50. The first kappa shape index (κ1) is 31.4. The standard InChI is InChI=1S/C28H37N3O8/c1-16-9-6-11-19(37-4)12-8-13-20-24(30-18(3)32)22(33)15-21(25(20)34)31-27(35)17(2)10-7-14-23(38-5)26(16)39-28(29)36/h7,9-10,14-15,19,23,26H,6,8,11-13H2,1-5H3,(H2,29,36)(H,30,32)(H,31,35)/b14-7-,16-9+,17-10+/t19-,23+,26+/m1/s1. The van der Waals surface area contributed by atoms with Crippen LogP contribution in [0.3, 0.4) is 0 Å². The molecule has 11 nitrogen and oxygen atoms in total. The molecule has 39 heavy (non-hydrogen) atoms. The van der Waals surface area contributed by atoms with Gasteiger partial charge in [0.1, 0.15) is 6.10 Å². The van der Waals surface area contributed by atoms with Gasteiger partial charge in [0.05, 0.1) is 17.5 Å². The lowest BCUT2D eigenvalue weighted by Gasteiger charge is -2.24. The predicted octanol–water partition coefficient (Wildman–Crippen LogP) is 2.44. The van der Waals surface area contributed by atoms with Crippen LogP contribution in [0.1, 0.15) is 52.9 Å². The number of ether oxygens (including phenoxy) is 3. The third-order valence-corrected chi connectivity index (χ3v) is 6.40. The molecule has 0 aromatic heterocycles. The average molecular weight is 544 g/mol. The van der Waals surface area contributed by atoms with Crippen LogP contribution in [0.25, 0.3) is 0 Å². The van der Waals surface area contributed by atoms with Crippen LogP contribution in [0, 0.1) is 0 Å². The molecule has 0 radical (unpaired) electrons. The predicted molar refractivity (Wildman–Crippen MR) is 143 cm³/mol. The number of ketones is 2. The van der Waals surface area contributed by atoms with Crippen molar-refractivity contribution < 1.29 is 38.2 Å². The molecule has 11 heteroatoms. The number of fused-ring (bicyclic) bond motifs is 2. The molecule has 212 valence electrons. The van der Waals surface area contributed by atoms with Crippen molar-refractivity contribution in [2.24, 2.45) is 5.73 Å². The molecule has 1 aliphatic carbocycles. The van der Waals surface area contributed by atoms with Gasteiger partial charge in [-0.15, -0.1) is 0 Å². The van der Waals surface area contributed by atoms with Crippen molar-refractivity contribution in [3.8, 4) is 0 Å². The van der Waals surface area contributed by atoms with Crippen molar-refractivity contribution in [1.82, 2.24) is 10.6 Å². The zero-order valence-corrected chi connectivity index (χ0v) is 23.0. The van der Waals surface area contributed by atoms with Crippen molar-refractivity contribution in [1.29, 1.82) is 0 Å². The topological polar surface area (TPSA) is 163 Å². The summed E-state index contributed by atoms with van der Waals surface area (Å²) < 4.78 is 16.4. The summed E-state index contributed by atoms with van der Waals surface area (Å²) in [4.78, 5) is 62.2. The minimum absolute atomic E-state index is 0.0785. The number of nitrogens with two attached hydrogens (primary N) is 1. The SMILES string of the molecule is CO[C@@H]1CC/C=C(\C)[C@H](OC(N)=O)[C@@H](OC)/C=C\C=C(/C)C(=O)NC2=CC(=O)C(NC(C)=O)=C(CCC1)C2=O.